The van der Waals surface area contributed by atoms with Gasteiger partial charge in [-0.25, -0.2) is 9.78 Å². The first-order valence-corrected chi connectivity index (χ1v) is 13.8. The van der Waals surface area contributed by atoms with E-state index in [0.29, 0.717) is 44.0 Å². The first kappa shape index (κ1) is 28.7. The highest BCUT2D eigenvalue weighted by atomic mass is 19.4. The molecule has 3 aliphatic heterocycles. The fraction of sp³-hybridized carbons (Fsp3) is 0.593. The second-order valence-corrected chi connectivity index (χ2v) is 10.7. The molecule has 41 heavy (non-hydrogen) atoms. The maximum atomic E-state index is 13.8. The van der Waals surface area contributed by atoms with E-state index < -0.39 is 23.9 Å². The van der Waals surface area contributed by atoms with E-state index in [9.17, 15) is 28.3 Å². The van der Waals surface area contributed by atoms with Gasteiger partial charge in [0.1, 0.15) is 18.2 Å². The van der Waals surface area contributed by atoms with Gasteiger partial charge in [-0.2, -0.15) is 28.4 Å². The van der Waals surface area contributed by atoms with Crippen LogP contribution < -0.4 is 14.5 Å². The van der Waals surface area contributed by atoms with Gasteiger partial charge in [-0.1, -0.05) is 0 Å². The molecule has 0 radical (unpaired) electrons. The van der Waals surface area contributed by atoms with Gasteiger partial charge < -0.3 is 29.4 Å². The molecule has 0 bridgehead atoms. The Hall–Kier alpha value is -3.86. The van der Waals surface area contributed by atoms with Crippen molar-refractivity contribution in [3.8, 4) is 12.1 Å². The number of halogens is 3. The van der Waals surface area contributed by atoms with Crippen molar-refractivity contribution in [2.75, 3.05) is 56.2 Å². The lowest BCUT2D eigenvalue weighted by Crippen LogP contribution is -2.55. The summed E-state index contributed by atoms with van der Waals surface area (Å²) in [5.74, 6) is 0.434. The fourth-order valence-electron chi connectivity index (χ4n) is 5.91. The first-order chi connectivity index (χ1) is 19.7. The number of nitriles is 1. The number of ether oxygens (including phenoxy) is 1. The molecule has 2 atom stereocenters. The summed E-state index contributed by atoms with van der Waals surface area (Å²) >= 11 is 0. The lowest BCUT2D eigenvalue weighted by atomic mass is 10.1. The maximum absolute atomic E-state index is 13.8. The number of carboxylic acid groups (broad SMARTS) is 1. The van der Waals surface area contributed by atoms with Gasteiger partial charge in [0, 0.05) is 44.0 Å². The molecule has 5 rings (SSSR count). The second-order valence-electron chi connectivity index (χ2n) is 10.7. The van der Waals surface area contributed by atoms with Crippen LogP contribution in [0.4, 0.5) is 29.6 Å². The lowest BCUT2D eigenvalue weighted by molar-refractivity contribution is -0.137. The zero-order valence-corrected chi connectivity index (χ0v) is 22.8. The predicted molar refractivity (Wildman–Crippen MR) is 143 cm³/mol. The first-order valence-electron chi connectivity index (χ1n) is 13.8. The Morgan fingerprint density at radius 2 is 1.98 bits per heavy atom. The predicted octanol–water partition coefficient (Wildman–Crippen LogP) is 3.40. The monoisotopic (exact) mass is 574 g/mol. The largest absolute Gasteiger partial charge is 0.465 e. The number of alkyl halides is 3. The Morgan fingerprint density at radius 1 is 1.15 bits per heavy atom. The van der Waals surface area contributed by atoms with Crippen molar-refractivity contribution >= 4 is 17.7 Å². The number of anilines is 2. The van der Waals surface area contributed by atoms with E-state index in [4.69, 9.17) is 14.7 Å². The quantitative estimate of drug-likeness (QED) is 0.549. The van der Waals surface area contributed by atoms with E-state index in [1.54, 1.807) is 4.90 Å². The van der Waals surface area contributed by atoms with Gasteiger partial charge in [0.05, 0.1) is 36.3 Å². The normalized spacial score (nSPS) is 21.8. The molecule has 1 N–H and O–H groups in total. The molecule has 3 aliphatic rings. The van der Waals surface area contributed by atoms with Crippen LogP contribution in [0.2, 0.25) is 0 Å². The summed E-state index contributed by atoms with van der Waals surface area (Å²) in [5, 5.41) is 19.0. The SMILES string of the molecule is CN1CCC[C@H]1COc1nc2c(c(N3CCN(C(=O)O)[C@@H](CC#N)C3)n1)CCCN(c1ncccc1C(F)(F)F)C2. The van der Waals surface area contributed by atoms with Crippen LogP contribution in [0.15, 0.2) is 18.3 Å². The van der Waals surface area contributed by atoms with Gasteiger partial charge in [-0.15, -0.1) is 0 Å². The summed E-state index contributed by atoms with van der Waals surface area (Å²) in [5.41, 5.74) is 0.544. The van der Waals surface area contributed by atoms with Crippen LogP contribution in [0.5, 0.6) is 6.01 Å². The number of hydrogen-bond acceptors (Lipinski definition) is 9. The maximum Gasteiger partial charge on any atom is 0.419 e. The topological polar surface area (TPSA) is 122 Å². The standard InChI is InChI=1S/C27H33F3N8O3/c1-35-11-3-5-19(35)17-41-25-33-22-16-36(24-21(27(28,29)30)7-2-10-32-24)12-4-6-20(22)23(34-25)37-13-14-38(26(39)40)18(15-37)8-9-31/h2,7,10,18-19H,3-6,8,11-17H2,1H3,(H,39,40)/t18-,19-/m0/s1. The van der Waals surface area contributed by atoms with Gasteiger partial charge >= 0.3 is 18.3 Å². The van der Waals surface area contributed by atoms with E-state index in [0.717, 1.165) is 31.0 Å². The Balaban J connectivity index is 1.50. The van der Waals surface area contributed by atoms with Crippen molar-refractivity contribution in [1.82, 2.24) is 24.8 Å². The van der Waals surface area contributed by atoms with E-state index in [1.807, 2.05) is 11.9 Å². The lowest BCUT2D eigenvalue weighted by Gasteiger charge is -2.40. The Morgan fingerprint density at radius 3 is 2.68 bits per heavy atom. The van der Waals surface area contributed by atoms with Gasteiger partial charge in [0.2, 0.25) is 0 Å². The number of nitrogens with zero attached hydrogens (tertiary/aromatic N) is 8. The number of amides is 1. The number of likely N-dealkylation sites (tertiary alicyclic amines) is 1. The Labute approximate surface area is 236 Å². The molecule has 14 heteroatoms. The highest BCUT2D eigenvalue weighted by molar-refractivity contribution is 5.66. The number of rotatable bonds is 6. The highest BCUT2D eigenvalue weighted by Gasteiger charge is 2.37. The molecule has 0 aromatic carbocycles. The number of piperazine rings is 1. The number of pyridine rings is 1. The number of carbonyl (C=O) groups is 1. The molecule has 0 spiro atoms. The summed E-state index contributed by atoms with van der Waals surface area (Å²) in [6.07, 6.45) is -1.15. The van der Waals surface area contributed by atoms with Crippen molar-refractivity contribution in [3.63, 3.8) is 0 Å². The van der Waals surface area contributed by atoms with E-state index in [-0.39, 0.29) is 43.9 Å². The number of likely N-dealkylation sites (N-methyl/N-ethyl adjacent to an activating group) is 1. The molecular weight excluding hydrogens is 541 g/mol. The van der Waals surface area contributed by atoms with E-state index in [2.05, 4.69) is 16.0 Å². The van der Waals surface area contributed by atoms with Crippen LogP contribution in [0.3, 0.4) is 0 Å². The minimum Gasteiger partial charge on any atom is -0.465 e. The summed E-state index contributed by atoms with van der Waals surface area (Å²) in [6.45, 7) is 2.57. The van der Waals surface area contributed by atoms with Crippen molar-refractivity contribution in [2.24, 2.45) is 0 Å². The van der Waals surface area contributed by atoms with Crippen LogP contribution in [0, 0.1) is 11.3 Å². The van der Waals surface area contributed by atoms with Gasteiger partial charge in [-0.3, -0.25) is 0 Å². The molecule has 2 aromatic rings. The van der Waals surface area contributed by atoms with Gasteiger partial charge in [0.15, 0.2) is 0 Å². The van der Waals surface area contributed by atoms with Crippen molar-refractivity contribution in [2.45, 2.75) is 56.9 Å². The molecule has 220 valence electrons. The summed E-state index contributed by atoms with van der Waals surface area (Å²) in [6, 6.07) is 4.18. The van der Waals surface area contributed by atoms with Crippen molar-refractivity contribution in [3.05, 3.63) is 35.2 Å². The molecule has 0 unspecified atom stereocenters. The van der Waals surface area contributed by atoms with Crippen LogP contribution in [0.1, 0.15) is 42.5 Å². The van der Waals surface area contributed by atoms with Crippen LogP contribution in [0.25, 0.3) is 0 Å². The molecule has 0 saturated carbocycles. The summed E-state index contributed by atoms with van der Waals surface area (Å²) in [7, 11) is 2.03. The van der Waals surface area contributed by atoms with Gasteiger partial charge in [0.25, 0.3) is 0 Å². The molecule has 1 amide bonds. The van der Waals surface area contributed by atoms with E-state index >= 15 is 0 Å². The number of hydrogen-bond donors (Lipinski definition) is 1. The third-order valence-electron chi connectivity index (χ3n) is 8.07. The smallest absolute Gasteiger partial charge is 0.419 e. The average molecular weight is 575 g/mol. The summed E-state index contributed by atoms with van der Waals surface area (Å²) in [4.78, 5) is 32.4. The zero-order valence-electron chi connectivity index (χ0n) is 22.8. The summed E-state index contributed by atoms with van der Waals surface area (Å²) < 4.78 is 47.6. The van der Waals surface area contributed by atoms with Crippen molar-refractivity contribution in [1.29, 1.82) is 5.26 Å². The minimum absolute atomic E-state index is 0.0289. The third-order valence-corrected chi connectivity index (χ3v) is 8.07. The average Bonchev–Trinajstić information content (AvgIpc) is 3.23. The highest BCUT2D eigenvalue weighted by Crippen LogP contribution is 2.37. The Bertz CT molecular complexity index is 1300. The molecule has 2 saturated heterocycles. The molecular formula is C27H33F3N8O3. The Kier molecular flexibility index (Phi) is 8.35. The van der Waals surface area contributed by atoms with Crippen LogP contribution in [-0.2, 0) is 19.1 Å². The van der Waals surface area contributed by atoms with Crippen LogP contribution in [-0.4, -0.2) is 94.4 Å². The fourth-order valence-corrected chi connectivity index (χ4v) is 5.91. The molecule has 2 aromatic heterocycles. The third kappa shape index (κ3) is 6.24. The number of aromatic nitrogens is 3. The van der Waals surface area contributed by atoms with Crippen molar-refractivity contribution < 1.29 is 27.8 Å². The molecule has 2 fully saturated rings. The van der Waals surface area contributed by atoms with E-state index in [1.165, 1.54) is 17.2 Å². The molecule has 11 nitrogen and oxygen atoms in total. The zero-order chi connectivity index (χ0) is 29.1. The molecule has 0 aliphatic carbocycles. The molecule has 5 heterocycles. The van der Waals surface area contributed by atoms with Crippen LogP contribution >= 0.6 is 0 Å². The number of fused-ring (bicyclic) bond motifs is 1. The van der Waals surface area contributed by atoms with Gasteiger partial charge in [-0.05, 0) is 51.4 Å². The second kappa shape index (κ2) is 11.9. The minimum atomic E-state index is -4.56.